The predicted octanol–water partition coefficient (Wildman–Crippen LogP) is 0.423. The molecule has 9 nitrogen and oxygen atoms in total. The minimum atomic E-state index is -3.61. The summed E-state index contributed by atoms with van der Waals surface area (Å²) >= 11 is 0. The summed E-state index contributed by atoms with van der Waals surface area (Å²) in [4.78, 5) is 24.0. The van der Waals surface area contributed by atoms with Gasteiger partial charge in [-0.05, 0) is 32.8 Å². The Bertz CT molecular complexity index is 807. The Morgan fingerprint density at radius 3 is 2.54 bits per heavy atom. The van der Waals surface area contributed by atoms with E-state index in [1.54, 1.807) is 12.3 Å². The van der Waals surface area contributed by atoms with Crippen LogP contribution in [0.25, 0.3) is 0 Å². The lowest BCUT2D eigenvalue weighted by Gasteiger charge is -2.21. The van der Waals surface area contributed by atoms with Gasteiger partial charge in [-0.15, -0.1) is 0 Å². The summed E-state index contributed by atoms with van der Waals surface area (Å²) in [5.41, 5.74) is 0.720. The molecule has 3 heterocycles. The van der Waals surface area contributed by atoms with Crippen LogP contribution in [0, 0.1) is 5.92 Å². The molecule has 0 aromatic carbocycles. The molecule has 3 rings (SSSR count). The van der Waals surface area contributed by atoms with Crippen LogP contribution in [-0.4, -0.2) is 79.2 Å². The first kappa shape index (κ1) is 20.9. The number of hydrogen-bond acceptors (Lipinski definition) is 6. The molecule has 2 aliphatic rings. The quantitative estimate of drug-likeness (QED) is 0.730. The van der Waals surface area contributed by atoms with Gasteiger partial charge in [0.2, 0.25) is 11.9 Å². The molecule has 0 radical (unpaired) electrons. The Morgan fingerprint density at radius 1 is 1.25 bits per heavy atom. The smallest absolute Gasteiger partial charge is 0.281 e. The molecule has 0 unspecified atom stereocenters. The molecule has 1 amide bonds. The number of carbonyl (C=O) groups excluding carboxylic acids is 1. The molecule has 0 aliphatic carbocycles. The van der Waals surface area contributed by atoms with Crippen LogP contribution < -0.4 is 10.2 Å². The van der Waals surface area contributed by atoms with Gasteiger partial charge in [-0.1, -0.05) is 0 Å². The van der Waals surface area contributed by atoms with Gasteiger partial charge in [-0.2, -0.15) is 17.0 Å². The topological polar surface area (TPSA) is 98.7 Å². The van der Waals surface area contributed by atoms with Gasteiger partial charge < -0.3 is 10.2 Å². The molecular weight excluding hydrogens is 380 g/mol. The normalized spacial score (nSPS) is 23.7. The minimum absolute atomic E-state index is 0.0155. The summed E-state index contributed by atoms with van der Waals surface area (Å²) in [6.07, 6.45) is 3.94. The first-order valence-corrected chi connectivity index (χ1v) is 11.2. The van der Waals surface area contributed by atoms with Gasteiger partial charge in [0, 0.05) is 58.4 Å². The van der Waals surface area contributed by atoms with Crippen molar-refractivity contribution < 1.29 is 13.2 Å². The van der Waals surface area contributed by atoms with E-state index in [1.807, 2.05) is 13.8 Å². The zero-order valence-electron chi connectivity index (χ0n) is 17.0. The maximum atomic E-state index is 12.8. The van der Waals surface area contributed by atoms with E-state index in [1.165, 1.54) is 22.7 Å². The van der Waals surface area contributed by atoms with Crippen molar-refractivity contribution in [2.75, 3.05) is 45.2 Å². The van der Waals surface area contributed by atoms with Crippen molar-refractivity contribution in [1.82, 2.24) is 23.9 Å². The van der Waals surface area contributed by atoms with E-state index in [9.17, 15) is 13.2 Å². The fourth-order valence-electron chi connectivity index (χ4n) is 3.78. The number of aromatic nitrogens is 2. The zero-order chi connectivity index (χ0) is 20.5. The number of rotatable bonds is 6. The van der Waals surface area contributed by atoms with Gasteiger partial charge in [0.25, 0.3) is 10.2 Å². The lowest BCUT2D eigenvalue weighted by Crippen LogP contribution is -2.41. The molecule has 2 saturated heterocycles. The molecule has 28 heavy (non-hydrogen) atoms. The Kier molecular flexibility index (Phi) is 6.21. The van der Waals surface area contributed by atoms with Crippen LogP contribution >= 0.6 is 0 Å². The van der Waals surface area contributed by atoms with Crippen molar-refractivity contribution in [2.45, 2.75) is 38.6 Å². The lowest BCUT2D eigenvalue weighted by molar-refractivity contribution is -0.125. The van der Waals surface area contributed by atoms with Crippen LogP contribution in [0.5, 0.6) is 0 Å². The Labute approximate surface area is 167 Å². The molecule has 0 spiro atoms. The van der Waals surface area contributed by atoms with Crippen LogP contribution in [-0.2, 0) is 15.0 Å². The van der Waals surface area contributed by atoms with E-state index >= 15 is 0 Å². The van der Waals surface area contributed by atoms with Crippen molar-refractivity contribution in [3.63, 3.8) is 0 Å². The summed E-state index contributed by atoms with van der Waals surface area (Å²) in [6.45, 7) is 6.01. The zero-order valence-corrected chi connectivity index (χ0v) is 17.8. The number of carbonyl (C=O) groups is 1. The molecule has 156 valence electrons. The molecule has 1 N–H and O–H groups in total. The molecule has 2 atom stereocenters. The van der Waals surface area contributed by atoms with Crippen molar-refractivity contribution in [3.05, 3.63) is 18.0 Å². The van der Waals surface area contributed by atoms with Crippen molar-refractivity contribution in [2.24, 2.45) is 5.92 Å². The number of nitrogens with zero attached hydrogens (tertiary/aromatic N) is 5. The molecular formula is C18H30N6O3S. The van der Waals surface area contributed by atoms with Gasteiger partial charge in [-0.25, -0.2) is 9.97 Å². The van der Waals surface area contributed by atoms with E-state index in [-0.39, 0.29) is 31.0 Å². The van der Waals surface area contributed by atoms with E-state index in [0.717, 1.165) is 31.6 Å². The summed E-state index contributed by atoms with van der Waals surface area (Å²) in [5.74, 6) is -0.277. The van der Waals surface area contributed by atoms with E-state index in [4.69, 9.17) is 4.98 Å². The van der Waals surface area contributed by atoms with Crippen molar-refractivity contribution in [1.29, 1.82) is 0 Å². The van der Waals surface area contributed by atoms with E-state index in [2.05, 4.69) is 15.2 Å². The van der Waals surface area contributed by atoms with Gasteiger partial charge in [0.15, 0.2) is 0 Å². The summed E-state index contributed by atoms with van der Waals surface area (Å²) < 4.78 is 27.9. The highest BCUT2D eigenvalue weighted by molar-refractivity contribution is 7.86. The number of hydrogen-bond donors (Lipinski definition) is 1. The third-order valence-corrected chi connectivity index (χ3v) is 7.15. The maximum Gasteiger partial charge on any atom is 0.281 e. The van der Waals surface area contributed by atoms with Crippen LogP contribution in [0.4, 0.5) is 5.95 Å². The van der Waals surface area contributed by atoms with Crippen LogP contribution in [0.3, 0.4) is 0 Å². The van der Waals surface area contributed by atoms with Gasteiger partial charge in [-0.3, -0.25) is 4.79 Å². The fourth-order valence-corrected chi connectivity index (χ4v) is 4.94. The monoisotopic (exact) mass is 410 g/mol. The van der Waals surface area contributed by atoms with Crippen LogP contribution in [0.15, 0.2) is 12.3 Å². The largest absolute Gasteiger partial charge is 0.354 e. The second kappa shape index (κ2) is 8.30. The predicted molar refractivity (Wildman–Crippen MR) is 107 cm³/mol. The first-order valence-electron chi connectivity index (χ1n) is 9.76. The van der Waals surface area contributed by atoms with Gasteiger partial charge in [0.1, 0.15) is 0 Å². The second-order valence-corrected chi connectivity index (χ2v) is 10.1. The highest BCUT2D eigenvalue weighted by Crippen LogP contribution is 2.34. The molecule has 2 fully saturated rings. The Balaban J connectivity index is 1.91. The second-order valence-electron chi connectivity index (χ2n) is 7.96. The summed E-state index contributed by atoms with van der Waals surface area (Å²) in [7, 11) is -0.601. The highest BCUT2D eigenvalue weighted by atomic mass is 32.2. The van der Waals surface area contributed by atoms with E-state index < -0.39 is 16.1 Å². The van der Waals surface area contributed by atoms with Crippen molar-refractivity contribution in [3.8, 4) is 0 Å². The average Bonchev–Trinajstić information content (AvgIpc) is 3.31. The molecule has 0 saturated carbocycles. The third-order valence-electron chi connectivity index (χ3n) is 5.28. The number of amides is 1. The first-order chi connectivity index (χ1) is 13.2. The molecule has 1 aromatic rings. The van der Waals surface area contributed by atoms with Crippen LogP contribution in [0.1, 0.15) is 38.3 Å². The standard InChI is InChI=1S/C18H30N6O3S/c1-13(2)20-17(25)15-12-24(28(26,27)22(3)4)11-14(15)16-7-8-19-18(21-16)23-9-5-6-10-23/h7-8,13-15H,5-6,9-12H2,1-4H3,(H,20,25)/t14-,15-/m0/s1. The van der Waals surface area contributed by atoms with E-state index in [0.29, 0.717) is 5.95 Å². The van der Waals surface area contributed by atoms with Crippen LogP contribution in [0.2, 0.25) is 0 Å². The molecule has 2 aliphatic heterocycles. The third kappa shape index (κ3) is 4.28. The summed E-state index contributed by atoms with van der Waals surface area (Å²) in [5, 5.41) is 2.93. The molecule has 1 aromatic heterocycles. The fraction of sp³-hybridized carbons (Fsp3) is 0.722. The molecule has 10 heteroatoms. The Morgan fingerprint density at radius 2 is 1.93 bits per heavy atom. The maximum absolute atomic E-state index is 12.8. The molecule has 0 bridgehead atoms. The average molecular weight is 411 g/mol. The number of anilines is 1. The highest BCUT2D eigenvalue weighted by Gasteiger charge is 2.44. The summed E-state index contributed by atoms with van der Waals surface area (Å²) in [6, 6.07) is 1.78. The minimum Gasteiger partial charge on any atom is -0.354 e. The number of nitrogens with one attached hydrogen (secondary N) is 1. The SMILES string of the molecule is CC(C)NC(=O)[C@H]1CN(S(=O)(=O)N(C)C)C[C@@H]1c1ccnc(N2CCCC2)n1. The van der Waals surface area contributed by atoms with Gasteiger partial charge in [0.05, 0.1) is 11.6 Å². The Hall–Kier alpha value is -1.78. The van der Waals surface area contributed by atoms with Gasteiger partial charge >= 0.3 is 0 Å². The van der Waals surface area contributed by atoms with Crippen molar-refractivity contribution >= 4 is 22.1 Å². The lowest BCUT2D eigenvalue weighted by atomic mass is 9.91.